The van der Waals surface area contributed by atoms with Crippen molar-refractivity contribution in [3.05, 3.63) is 29.8 Å². The molecule has 0 heterocycles. The number of alkyl halides is 1. The lowest BCUT2D eigenvalue weighted by atomic mass is 10.1. The summed E-state index contributed by atoms with van der Waals surface area (Å²) in [6.45, 7) is 3.29. The average molecular weight is 206 g/mol. The standard InChI is InChI=1S/C12H15FN2/c1-12(2,13)9-15-11-6-4-3-5-10(11)7-8-14/h3-6,15H,7,9H2,1-2H3. The fourth-order valence-corrected chi connectivity index (χ4v) is 1.24. The maximum Gasteiger partial charge on any atom is 0.122 e. The van der Waals surface area contributed by atoms with Gasteiger partial charge in [-0.15, -0.1) is 0 Å². The van der Waals surface area contributed by atoms with E-state index in [1.807, 2.05) is 24.3 Å². The second-order valence-corrected chi connectivity index (χ2v) is 4.06. The molecule has 80 valence electrons. The molecule has 3 heteroatoms. The number of hydrogen-bond acceptors (Lipinski definition) is 2. The van der Waals surface area contributed by atoms with Crippen LogP contribution >= 0.6 is 0 Å². The first kappa shape index (κ1) is 11.5. The minimum Gasteiger partial charge on any atom is -0.382 e. The first-order valence-corrected chi connectivity index (χ1v) is 4.90. The van der Waals surface area contributed by atoms with Crippen molar-refractivity contribution in [1.29, 1.82) is 5.26 Å². The molecular weight excluding hydrogens is 191 g/mol. The largest absolute Gasteiger partial charge is 0.382 e. The predicted octanol–water partition coefficient (Wildman–Crippen LogP) is 2.91. The number of nitriles is 1. The molecule has 1 rings (SSSR count). The summed E-state index contributed by atoms with van der Waals surface area (Å²) >= 11 is 0. The highest BCUT2D eigenvalue weighted by atomic mass is 19.1. The molecule has 0 aliphatic rings. The zero-order valence-electron chi connectivity index (χ0n) is 9.05. The summed E-state index contributed by atoms with van der Waals surface area (Å²) in [5, 5.41) is 11.6. The number of nitrogens with zero attached hydrogens (tertiary/aromatic N) is 1. The van der Waals surface area contributed by atoms with Crippen LogP contribution in [0.5, 0.6) is 0 Å². The average Bonchev–Trinajstić information content (AvgIpc) is 2.16. The van der Waals surface area contributed by atoms with E-state index in [1.54, 1.807) is 0 Å². The SMILES string of the molecule is CC(C)(F)CNc1ccccc1CC#N. The van der Waals surface area contributed by atoms with Crippen molar-refractivity contribution >= 4 is 5.69 Å². The molecule has 0 atom stereocenters. The molecule has 15 heavy (non-hydrogen) atoms. The molecular formula is C12H15FN2. The van der Waals surface area contributed by atoms with E-state index in [4.69, 9.17) is 5.26 Å². The van der Waals surface area contributed by atoms with Crippen molar-refractivity contribution in [2.24, 2.45) is 0 Å². The highest BCUT2D eigenvalue weighted by Crippen LogP contribution is 2.17. The summed E-state index contributed by atoms with van der Waals surface area (Å²) in [4.78, 5) is 0. The zero-order valence-corrected chi connectivity index (χ0v) is 9.05. The number of nitrogens with one attached hydrogen (secondary N) is 1. The van der Waals surface area contributed by atoms with Gasteiger partial charge in [-0.2, -0.15) is 5.26 Å². The maximum atomic E-state index is 13.3. The summed E-state index contributed by atoms with van der Waals surface area (Å²) in [5.74, 6) is 0. The van der Waals surface area contributed by atoms with Crippen LogP contribution in [-0.4, -0.2) is 12.2 Å². The van der Waals surface area contributed by atoms with E-state index in [-0.39, 0.29) is 6.54 Å². The molecule has 0 aromatic heterocycles. The van der Waals surface area contributed by atoms with E-state index in [1.165, 1.54) is 13.8 Å². The van der Waals surface area contributed by atoms with Gasteiger partial charge >= 0.3 is 0 Å². The fraction of sp³-hybridized carbons (Fsp3) is 0.417. The van der Waals surface area contributed by atoms with Crippen molar-refractivity contribution in [2.75, 3.05) is 11.9 Å². The number of rotatable bonds is 4. The third kappa shape index (κ3) is 3.99. The van der Waals surface area contributed by atoms with E-state index >= 15 is 0 Å². The Morgan fingerprint density at radius 2 is 2.07 bits per heavy atom. The normalized spacial score (nSPS) is 10.8. The summed E-state index contributed by atoms with van der Waals surface area (Å²) in [7, 11) is 0. The second kappa shape index (κ2) is 4.79. The van der Waals surface area contributed by atoms with Crippen LogP contribution in [0.3, 0.4) is 0 Å². The second-order valence-electron chi connectivity index (χ2n) is 4.06. The molecule has 0 spiro atoms. The minimum atomic E-state index is -1.25. The summed E-state index contributed by atoms with van der Waals surface area (Å²) in [5.41, 5.74) is 0.494. The monoisotopic (exact) mass is 206 g/mol. The van der Waals surface area contributed by atoms with Gasteiger partial charge in [0.25, 0.3) is 0 Å². The van der Waals surface area contributed by atoms with Crippen LogP contribution in [0.2, 0.25) is 0 Å². The Morgan fingerprint density at radius 1 is 1.40 bits per heavy atom. The van der Waals surface area contributed by atoms with E-state index < -0.39 is 5.67 Å². The van der Waals surface area contributed by atoms with E-state index in [0.717, 1.165) is 11.3 Å². The molecule has 0 amide bonds. The Labute approximate surface area is 89.7 Å². The van der Waals surface area contributed by atoms with Gasteiger partial charge in [0.05, 0.1) is 12.5 Å². The van der Waals surface area contributed by atoms with Gasteiger partial charge in [0.2, 0.25) is 0 Å². The van der Waals surface area contributed by atoms with Gasteiger partial charge in [0, 0.05) is 12.2 Å². The quantitative estimate of drug-likeness (QED) is 0.822. The van der Waals surface area contributed by atoms with E-state index in [9.17, 15) is 4.39 Å². The van der Waals surface area contributed by atoms with Crippen molar-refractivity contribution < 1.29 is 4.39 Å². The van der Waals surface area contributed by atoms with Crippen LogP contribution in [0.1, 0.15) is 19.4 Å². The smallest absolute Gasteiger partial charge is 0.122 e. The lowest BCUT2D eigenvalue weighted by Crippen LogP contribution is -2.24. The van der Waals surface area contributed by atoms with Crippen LogP contribution < -0.4 is 5.32 Å². The van der Waals surface area contributed by atoms with Gasteiger partial charge < -0.3 is 5.32 Å². The summed E-state index contributed by atoms with van der Waals surface area (Å²) in [6.07, 6.45) is 0.343. The highest BCUT2D eigenvalue weighted by molar-refractivity contribution is 5.52. The molecule has 0 saturated heterocycles. The van der Waals surface area contributed by atoms with Gasteiger partial charge in [-0.3, -0.25) is 0 Å². The molecule has 0 aliphatic carbocycles. The number of halogens is 1. The van der Waals surface area contributed by atoms with E-state index in [0.29, 0.717) is 6.42 Å². The number of anilines is 1. The van der Waals surface area contributed by atoms with Gasteiger partial charge in [-0.25, -0.2) is 4.39 Å². The molecule has 0 radical (unpaired) electrons. The van der Waals surface area contributed by atoms with Gasteiger partial charge in [0.15, 0.2) is 0 Å². The minimum absolute atomic E-state index is 0.245. The summed E-state index contributed by atoms with van der Waals surface area (Å²) < 4.78 is 13.3. The van der Waals surface area contributed by atoms with Crippen molar-refractivity contribution in [3.8, 4) is 6.07 Å². The van der Waals surface area contributed by atoms with Crippen LogP contribution in [0.25, 0.3) is 0 Å². The Kier molecular flexibility index (Phi) is 3.68. The molecule has 2 nitrogen and oxygen atoms in total. The molecule has 0 saturated carbocycles. The molecule has 0 bridgehead atoms. The Hall–Kier alpha value is -1.56. The van der Waals surface area contributed by atoms with Crippen molar-refractivity contribution in [2.45, 2.75) is 25.9 Å². The zero-order chi connectivity index (χ0) is 11.3. The van der Waals surface area contributed by atoms with Gasteiger partial charge in [-0.05, 0) is 25.5 Å². The first-order chi connectivity index (χ1) is 7.03. The van der Waals surface area contributed by atoms with Crippen LogP contribution in [0.4, 0.5) is 10.1 Å². The van der Waals surface area contributed by atoms with Crippen molar-refractivity contribution in [1.82, 2.24) is 0 Å². The Bertz CT molecular complexity index is 361. The van der Waals surface area contributed by atoms with Crippen LogP contribution in [0, 0.1) is 11.3 Å². The third-order valence-electron chi connectivity index (χ3n) is 1.99. The molecule has 1 aromatic carbocycles. The first-order valence-electron chi connectivity index (χ1n) is 4.90. The van der Waals surface area contributed by atoms with Crippen molar-refractivity contribution in [3.63, 3.8) is 0 Å². The highest BCUT2D eigenvalue weighted by Gasteiger charge is 2.15. The Morgan fingerprint density at radius 3 is 2.67 bits per heavy atom. The van der Waals surface area contributed by atoms with Crippen LogP contribution in [0.15, 0.2) is 24.3 Å². The number of hydrogen-bond donors (Lipinski definition) is 1. The molecule has 1 aromatic rings. The van der Waals surface area contributed by atoms with Crippen LogP contribution in [-0.2, 0) is 6.42 Å². The third-order valence-corrected chi connectivity index (χ3v) is 1.99. The molecule has 0 fully saturated rings. The Balaban J connectivity index is 2.72. The lowest BCUT2D eigenvalue weighted by Gasteiger charge is -2.17. The molecule has 1 N–H and O–H groups in total. The lowest BCUT2D eigenvalue weighted by molar-refractivity contribution is 0.235. The molecule has 0 unspecified atom stereocenters. The summed E-state index contributed by atoms with van der Waals surface area (Å²) in [6, 6.07) is 9.56. The topological polar surface area (TPSA) is 35.8 Å². The number of benzene rings is 1. The predicted molar refractivity (Wildman–Crippen MR) is 59.4 cm³/mol. The van der Waals surface area contributed by atoms with Gasteiger partial charge in [0.1, 0.15) is 5.67 Å². The number of para-hydroxylation sites is 1. The molecule has 0 aliphatic heterocycles. The fourth-order valence-electron chi connectivity index (χ4n) is 1.24. The maximum absolute atomic E-state index is 13.3. The van der Waals surface area contributed by atoms with E-state index in [2.05, 4.69) is 11.4 Å². The van der Waals surface area contributed by atoms with Gasteiger partial charge in [-0.1, -0.05) is 18.2 Å².